The fraction of sp³-hybridized carbons (Fsp3) is 0.333. The molecule has 1 amide bonds. The lowest BCUT2D eigenvalue weighted by Gasteiger charge is -2.33. The van der Waals surface area contributed by atoms with E-state index in [0.29, 0.717) is 12.0 Å². The van der Waals surface area contributed by atoms with Crippen molar-refractivity contribution in [1.82, 2.24) is 10.0 Å². The van der Waals surface area contributed by atoms with Crippen LogP contribution in [0.1, 0.15) is 43.9 Å². The minimum Gasteiger partial charge on any atom is -0.348 e. The molecule has 146 valence electrons. The van der Waals surface area contributed by atoms with Gasteiger partial charge in [0.05, 0.1) is 22.9 Å². The highest BCUT2D eigenvalue weighted by molar-refractivity contribution is 7.90. The molecule has 28 heavy (non-hydrogen) atoms. The molecule has 3 rings (SSSR count). The normalized spacial score (nSPS) is 19.9. The van der Waals surface area contributed by atoms with Crippen LogP contribution in [0.5, 0.6) is 0 Å². The van der Waals surface area contributed by atoms with Crippen molar-refractivity contribution in [2.45, 2.75) is 44.0 Å². The smallest absolute Gasteiger partial charge is 0.220 e. The summed E-state index contributed by atoms with van der Waals surface area (Å²) < 4.78 is 27.4. The molecule has 2 atom stereocenters. The van der Waals surface area contributed by atoms with E-state index in [1.54, 1.807) is 19.9 Å². The number of benzene rings is 2. The van der Waals surface area contributed by atoms with Crippen LogP contribution in [-0.2, 0) is 14.8 Å². The third kappa shape index (κ3) is 4.24. The Bertz CT molecular complexity index is 1010. The first-order valence-corrected chi connectivity index (χ1v) is 10.8. The molecule has 2 N–H and O–H groups in total. The molecule has 1 fully saturated rings. The van der Waals surface area contributed by atoms with Crippen LogP contribution in [0.4, 0.5) is 0 Å². The maximum Gasteiger partial charge on any atom is 0.220 e. The highest BCUT2D eigenvalue weighted by Gasteiger charge is 2.33. The van der Waals surface area contributed by atoms with Crippen molar-refractivity contribution in [2.75, 3.05) is 0 Å². The van der Waals surface area contributed by atoms with E-state index >= 15 is 0 Å². The summed E-state index contributed by atoms with van der Waals surface area (Å²) in [6, 6.07) is 16.2. The number of carbonyl (C=O) groups excluding carboxylic acids is 1. The van der Waals surface area contributed by atoms with Gasteiger partial charge in [-0.25, -0.2) is 13.1 Å². The lowest BCUT2D eigenvalue weighted by atomic mass is 9.91. The second-order valence-corrected chi connectivity index (χ2v) is 9.45. The van der Waals surface area contributed by atoms with E-state index in [1.807, 2.05) is 42.5 Å². The van der Waals surface area contributed by atoms with Crippen LogP contribution in [0.2, 0.25) is 0 Å². The molecule has 1 heterocycles. The Balaban J connectivity index is 1.89. The van der Waals surface area contributed by atoms with E-state index in [-0.39, 0.29) is 12.3 Å². The topological polar surface area (TPSA) is 99.1 Å². The summed E-state index contributed by atoms with van der Waals surface area (Å²) in [6.45, 7) is 3.25. The predicted octanol–water partition coefficient (Wildman–Crippen LogP) is 2.87. The fourth-order valence-corrected chi connectivity index (χ4v) is 4.24. The molecule has 0 bridgehead atoms. The van der Waals surface area contributed by atoms with Crippen LogP contribution in [-0.4, -0.2) is 25.6 Å². The van der Waals surface area contributed by atoms with Gasteiger partial charge in [0.1, 0.15) is 0 Å². The van der Waals surface area contributed by atoms with Crippen LogP contribution in [0.3, 0.4) is 0 Å². The van der Waals surface area contributed by atoms with Gasteiger partial charge >= 0.3 is 0 Å². The second kappa shape index (κ2) is 8.13. The van der Waals surface area contributed by atoms with Crippen molar-refractivity contribution in [1.29, 1.82) is 5.26 Å². The molecule has 0 unspecified atom stereocenters. The zero-order valence-corrected chi connectivity index (χ0v) is 16.7. The lowest BCUT2D eigenvalue weighted by molar-refractivity contribution is -0.123. The largest absolute Gasteiger partial charge is 0.348 e. The molecule has 0 spiro atoms. The Morgan fingerprint density at radius 1 is 1.14 bits per heavy atom. The first-order chi connectivity index (χ1) is 13.3. The molecule has 1 aliphatic rings. The highest BCUT2D eigenvalue weighted by Crippen LogP contribution is 2.29. The van der Waals surface area contributed by atoms with E-state index in [0.717, 1.165) is 16.7 Å². The van der Waals surface area contributed by atoms with Crippen LogP contribution < -0.4 is 10.0 Å². The van der Waals surface area contributed by atoms with E-state index in [9.17, 15) is 18.5 Å². The van der Waals surface area contributed by atoms with Gasteiger partial charge in [0.15, 0.2) is 0 Å². The SMILES string of the molecule is CC(C)S(=O)(=O)N[C@H]1CCC(=O)N[C@H]1c1ccc(-c2ccccc2C#N)cc1. The summed E-state index contributed by atoms with van der Waals surface area (Å²) in [5.74, 6) is -0.0936. The summed E-state index contributed by atoms with van der Waals surface area (Å²) >= 11 is 0. The van der Waals surface area contributed by atoms with Crippen molar-refractivity contribution in [2.24, 2.45) is 0 Å². The molecule has 0 saturated carbocycles. The number of nitrogens with zero attached hydrogens (tertiary/aromatic N) is 1. The van der Waals surface area contributed by atoms with Gasteiger partial charge < -0.3 is 5.32 Å². The standard InChI is InChI=1S/C21H23N3O3S/c1-14(2)28(26,27)24-19-11-12-20(25)23-21(19)16-9-7-15(8-10-16)18-6-4-3-5-17(18)13-22/h3-10,14,19,21,24H,11-12H2,1-2H3,(H,23,25)/t19-,21-/m0/s1. The number of hydrogen-bond acceptors (Lipinski definition) is 4. The first kappa shape index (κ1) is 20.1. The Morgan fingerprint density at radius 2 is 1.82 bits per heavy atom. The summed E-state index contributed by atoms with van der Waals surface area (Å²) in [4.78, 5) is 11.9. The van der Waals surface area contributed by atoms with E-state index in [4.69, 9.17) is 0 Å². The molecule has 7 heteroatoms. The molecule has 0 radical (unpaired) electrons. The summed E-state index contributed by atoms with van der Waals surface area (Å²) in [6.07, 6.45) is 0.733. The molecule has 0 aliphatic carbocycles. The third-order valence-corrected chi connectivity index (χ3v) is 6.84. The lowest BCUT2D eigenvalue weighted by Crippen LogP contribution is -2.51. The van der Waals surface area contributed by atoms with Crippen LogP contribution in [0.25, 0.3) is 11.1 Å². The minimum atomic E-state index is -3.45. The van der Waals surface area contributed by atoms with E-state index < -0.39 is 27.4 Å². The van der Waals surface area contributed by atoms with E-state index in [1.165, 1.54) is 0 Å². The predicted molar refractivity (Wildman–Crippen MR) is 108 cm³/mol. The fourth-order valence-electron chi connectivity index (χ4n) is 3.29. The Hall–Kier alpha value is -2.69. The Morgan fingerprint density at radius 3 is 2.46 bits per heavy atom. The number of nitrogens with one attached hydrogen (secondary N) is 2. The van der Waals surface area contributed by atoms with Gasteiger partial charge in [-0.15, -0.1) is 0 Å². The van der Waals surface area contributed by atoms with Gasteiger partial charge in [0.2, 0.25) is 15.9 Å². The molecular weight excluding hydrogens is 374 g/mol. The summed E-state index contributed by atoms with van der Waals surface area (Å²) in [7, 11) is -3.45. The van der Waals surface area contributed by atoms with Crippen molar-refractivity contribution in [3.8, 4) is 17.2 Å². The molecule has 6 nitrogen and oxygen atoms in total. The number of amides is 1. The number of carbonyl (C=O) groups is 1. The summed E-state index contributed by atoms with van der Waals surface area (Å²) in [5.41, 5.74) is 3.13. The molecule has 2 aromatic carbocycles. The number of piperidine rings is 1. The monoisotopic (exact) mass is 397 g/mol. The zero-order chi connectivity index (χ0) is 20.3. The van der Waals surface area contributed by atoms with Gasteiger partial charge in [0, 0.05) is 12.5 Å². The quantitative estimate of drug-likeness (QED) is 0.810. The number of rotatable bonds is 5. The van der Waals surface area contributed by atoms with Crippen molar-refractivity contribution < 1.29 is 13.2 Å². The van der Waals surface area contributed by atoms with Gasteiger partial charge in [-0.1, -0.05) is 42.5 Å². The number of sulfonamides is 1. The average molecular weight is 398 g/mol. The van der Waals surface area contributed by atoms with Crippen LogP contribution in [0.15, 0.2) is 48.5 Å². The highest BCUT2D eigenvalue weighted by atomic mass is 32.2. The molecule has 2 aromatic rings. The van der Waals surface area contributed by atoms with Crippen molar-refractivity contribution >= 4 is 15.9 Å². The van der Waals surface area contributed by atoms with Crippen LogP contribution in [0, 0.1) is 11.3 Å². The maximum atomic E-state index is 12.3. The van der Waals surface area contributed by atoms with E-state index in [2.05, 4.69) is 16.1 Å². The average Bonchev–Trinajstić information content (AvgIpc) is 2.69. The van der Waals surface area contributed by atoms with Crippen molar-refractivity contribution in [3.05, 3.63) is 59.7 Å². The second-order valence-electron chi connectivity index (χ2n) is 7.18. The van der Waals surface area contributed by atoms with Crippen LogP contribution >= 0.6 is 0 Å². The maximum absolute atomic E-state index is 12.3. The third-order valence-electron chi connectivity index (χ3n) is 4.97. The Kier molecular flexibility index (Phi) is 5.82. The Labute approximate surface area is 165 Å². The molecule has 0 aromatic heterocycles. The number of hydrogen-bond donors (Lipinski definition) is 2. The molecular formula is C21H23N3O3S. The zero-order valence-electron chi connectivity index (χ0n) is 15.8. The number of nitriles is 1. The van der Waals surface area contributed by atoms with Gasteiger partial charge in [-0.05, 0) is 43.0 Å². The first-order valence-electron chi connectivity index (χ1n) is 9.22. The van der Waals surface area contributed by atoms with Gasteiger partial charge in [-0.3, -0.25) is 4.79 Å². The minimum absolute atomic E-state index is 0.0936. The summed E-state index contributed by atoms with van der Waals surface area (Å²) in [5, 5.41) is 11.7. The van der Waals surface area contributed by atoms with Crippen molar-refractivity contribution in [3.63, 3.8) is 0 Å². The molecule has 1 aliphatic heterocycles. The van der Waals surface area contributed by atoms with Gasteiger partial charge in [0.25, 0.3) is 0 Å². The van der Waals surface area contributed by atoms with Gasteiger partial charge in [-0.2, -0.15) is 5.26 Å². The molecule has 1 saturated heterocycles.